The molecule has 0 unspecified atom stereocenters. The molecule has 7 nitrogen and oxygen atoms in total. The number of pyridine rings is 1. The van der Waals surface area contributed by atoms with Crippen molar-refractivity contribution < 1.29 is 9.59 Å². The van der Waals surface area contributed by atoms with E-state index < -0.39 is 0 Å². The average Bonchev–Trinajstić information content (AvgIpc) is 2.75. The van der Waals surface area contributed by atoms with E-state index in [2.05, 4.69) is 25.8 Å². The molecule has 2 heterocycles. The van der Waals surface area contributed by atoms with Crippen LogP contribution in [0.2, 0.25) is 0 Å². The van der Waals surface area contributed by atoms with Gasteiger partial charge < -0.3 is 0 Å². The number of aryl methyl sites for hydroxylation is 3. The number of benzene rings is 1. The van der Waals surface area contributed by atoms with Crippen LogP contribution in [0.1, 0.15) is 39.3 Å². The molecule has 0 aliphatic heterocycles. The third-order valence-electron chi connectivity index (χ3n) is 4.22. The van der Waals surface area contributed by atoms with Crippen molar-refractivity contribution >= 4 is 23.6 Å². The van der Waals surface area contributed by atoms with E-state index in [0.29, 0.717) is 17.7 Å². The Morgan fingerprint density at radius 1 is 0.967 bits per heavy atom. The Labute approximate surface area is 179 Å². The highest BCUT2D eigenvalue weighted by Crippen LogP contribution is 2.20. The highest BCUT2D eigenvalue weighted by Gasteiger charge is 2.08. The van der Waals surface area contributed by atoms with Gasteiger partial charge in [-0.05, 0) is 55.7 Å². The van der Waals surface area contributed by atoms with E-state index in [1.807, 2.05) is 44.2 Å². The Hall–Kier alpha value is -3.26. The molecule has 0 bridgehead atoms. The van der Waals surface area contributed by atoms with Crippen molar-refractivity contribution in [1.29, 1.82) is 0 Å². The Bertz CT molecular complexity index is 990. The fourth-order valence-electron chi connectivity index (χ4n) is 2.72. The molecule has 0 aliphatic carbocycles. The van der Waals surface area contributed by atoms with Crippen LogP contribution in [0, 0.1) is 13.8 Å². The monoisotopic (exact) mass is 421 g/mol. The summed E-state index contributed by atoms with van der Waals surface area (Å²) in [6, 6.07) is 12.9. The fraction of sp³-hybridized carbons (Fsp3) is 0.227. The SMILES string of the molecule is Cc1cc(C)nc(SCc2ccc(C(=O)NNC(=O)CCc3cccnc3)cc2)n1. The van der Waals surface area contributed by atoms with Crippen molar-refractivity contribution in [3.05, 3.63) is 82.9 Å². The summed E-state index contributed by atoms with van der Waals surface area (Å²) in [5.74, 6) is 0.0887. The molecule has 2 amide bonds. The summed E-state index contributed by atoms with van der Waals surface area (Å²) in [5, 5.41) is 0.739. The summed E-state index contributed by atoms with van der Waals surface area (Å²) in [6.45, 7) is 3.90. The maximum absolute atomic E-state index is 12.2. The van der Waals surface area contributed by atoms with Crippen LogP contribution >= 0.6 is 11.8 Å². The van der Waals surface area contributed by atoms with Crippen LogP contribution in [0.5, 0.6) is 0 Å². The highest BCUT2D eigenvalue weighted by atomic mass is 32.2. The molecule has 154 valence electrons. The smallest absolute Gasteiger partial charge is 0.269 e. The number of carbonyl (C=O) groups excluding carboxylic acids is 2. The van der Waals surface area contributed by atoms with Gasteiger partial charge in [0.25, 0.3) is 5.91 Å². The van der Waals surface area contributed by atoms with E-state index in [4.69, 9.17) is 0 Å². The molecule has 0 atom stereocenters. The molecular weight excluding hydrogens is 398 g/mol. The Morgan fingerprint density at radius 3 is 2.37 bits per heavy atom. The van der Waals surface area contributed by atoms with Crippen molar-refractivity contribution in [2.45, 2.75) is 37.6 Å². The van der Waals surface area contributed by atoms with Gasteiger partial charge in [0.2, 0.25) is 5.91 Å². The van der Waals surface area contributed by atoms with Gasteiger partial charge in [0, 0.05) is 41.5 Å². The summed E-state index contributed by atoms with van der Waals surface area (Å²) in [5.41, 5.74) is 9.27. The number of carbonyl (C=O) groups is 2. The first-order valence-electron chi connectivity index (χ1n) is 9.52. The van der Waals surface area contributed by atoms with E-state index in [9.17, 15) is 9.59 Å². The summed E-state index contributed by atoms with van der Waals surface area (Å²) >= 11 is 1.55. The second-order valence-electron chi connectivity index (χ2n) is 6.78. The van der Waals surface area contributed by atoms with Gasteiger partial charge in [0.1, 0.15) is 0 Å². The lowest BCUT2D eigenvalue weighted by Crippen LogP contribution is -2.41. The lowest BCUT2D eigenvalue weighted by molar-refractivity contribution is -0.121. The molecule has 30 heavy (non-hydrogen) atoms. The molecule has 0 saturated heterocycles. The van der Waals surface area contributed by atoms with Crippen LogP contribution < -0.4 is 10.9 Å². The average molecular weight is 422 g/mol. The number of hydrogen-bond donors (Lipinski definition) is 2. The fourth-order valence-corrected chi connectivity index (χ4v) is 3.63. The number of hydrazine groups is 1. The van der Waals surface area contributed by atoms with Gasteiger partial charge in [0.05, 0.1) is 0 Å². The van der Waals surface area contributed by atoms with E-state index in [-0.39, 0.29) is 18.2 Å². The van der Waals surface area contributed by atoms with Crippen molar-refractivity contribution in [2.75, 3.05) is 0 Å². The van der Waals surface area contributed by atoms with Crippen LogP contribution in [0.25, 0.3) is 0 Å². The van der Waals surface area contributed by atoms with Gasteiger partial charge in [-0.3, -0.25) is 25.4 Å². The predicted molar refractivity (Wildman–Crippen MR) is 116 cm³/mol. The first kappa shape index (κ1) is 21.4. The van der Waals surface area contributed by atoms with Gasteiger partial charge >= 0.3 is 0 Å². The lowest BCUT2D eigenvalue weighted by Gasteiger charge is -2.08. The Kier molecular flexibility index (Phi) is 7.51. The number of nitrogens with zero attached hydrogens (tertiary/aromatic N) is 3. The van der Waals surface area contributed by atoms with Crippen molar-refractivity contribution in [2.24, 2.45) is 0 Å². The summed E-state index contributed by atoms with van der Waals surface area (Å²) in [7, 11) is 0. The molecule has 3 rings (SSSR count). The zero-order valence-electron chi connectivity index (χ0n) is 16.9. The second-order valence-corrected chi connectivity index (χ2v) is 7.72. The molecule has 2 N–H and O–H groups in total. The highest BCUT2D eigenvalue weighted by molar-refractivity contribution is 7.98. The van der Waals surface area contributed by atoms with Gasteiger partial charge in [0.15, 0.2) is 5.16 Å². The molecule has 0 aliphatic rings. The summed E-state index contributed by atoms with van der Waals surface area (Å²) in [6.07, 6.45) is 4.23. The van der Waals surface area contributed by atoms with Crippen LogP contribution in [-0.4, -0.2) is 26.8 Å². The quantitative estimate of drug-likeness (QED) is 0.346. The van der Waals surface area contributed by atoms with E-state index in [0.717, 1.165) is 27.7 Å². The third-order valence-corrected chi connectivity index (χ3v) is 5.14. The minimum absolute atomic E-state index is 0.256. The van der Waals surface area contributed by atoms with Crippen LogP contribution in [-0.2, 0) is 17.0 Å². The number of hydrogen-bond acceptors (Lipinski definition) is 6. The third kappa shape index (κ3) is 6.66. The topological polar surface area (TPSA) is 96.9 Å². The van der Waals surface area contributed by atoms with Gasteiger partial charge in [-0.2, -0.15) is 0 Å². The molecule has 1 aromatic carbocycles. The van der Waals surface area contributed by atoms with Gasteiger partial charge in [-0.1, -0.05) is 30.0 Å². The summed E-state index contributed by atoms with van der Waals surface area (Å²) < 4.78 is 0. The second kappa shape index (κ2) is 10.5. The minimum Gasteiger partial charge on any atom is -0.273 e. The van der Waals surface area contributed by atoms with Crippen molar-refractivity contribution in [1.82, 2.24) is 25.8 Å². The van der Waals surface area contributed by atoms with Crippen LogP contribution in [0.3, 0.4) is 0 Å². The molecule has 8 heteroatoms. The molecule has 0 saturated carbocycles. The normalized spacial score (nSPS) is 10.5. The largest absolute Gasteiger partial charge is 0.273 e. The lowest BCUT2D eigenvalue weighted by atomic mass is 10.1. The van der Waals surface area contributed by atoms with Crippen LogP contribution in [0.4, 0.5) is 0 Å². The minimum atomic E-state index is -0.360. The first-order chi connectivity index (χ1) is 14.5. The molecular formula is C22H23N5O2S. The van der Waals surface area contributed by atoms with Gasteiger partial charge in [-0.15, -0.1) is 0 Å². The zero-order chi connectivity index (χ0) is 21.3. The van der Waals surface area contributed by atoms with Crippen molar-refractivity contribution in [3.63, 3.8) is 0 Å². The molecule has 0 radical (unpaired) electrons. The summed E-state index contributed by atoms with van der Waals surface area (Å²) in [4.78, 5) is 37.0. The molecule has 2 aromatic heterocycles. The molecule has 0 spiro atoms. The maximum Gasteiger partial charge on any atom is 0.269 e. The van der Waals surface area contributed by atoms with E-state index in [1.54, 1.807) is 36.3 Å². The number of aromatic nitrogens is 3. The Balaban J connectivity index is 1.44. The van der Waals surface area contributed by atoms with E-state index >= 15 is 0 Å². The predicted octanol–water partition coefficient (Wildman–Crippen LogP) is 3.17. The molecule has 0 fully saturated rings. The van der Waals surface area contributed by atoms with E-state index in [1.165, 1.54) is 0 Å². The van der Waals surface area contributed by atoms with Gasteiger partial charge in [-0.25, -0.2) is 9.97 Å². The first-order valence-corrected chi connectivity index (χ1v) is 10.5. The zero-order valence-corrected chi connectivity index (χ0v) is 17.7. The van der Waals surface area contributed by atoms with Crippen molar-refractivity contribution in [3.8, 4) is 0 Å². The van der Waals surface area contributed by atoms with Crippen LogP contribution in [0.15, 0.2) is 60.0 Å². The number of rotatable bonds is 7. The maximum atomic E-state index is 12.2. The Morgan fingerprint density at radius 2 is 1.70 bits per heavy atom. The number of nitrogens with one attached hydrogen (secondary N) is 2. The molecule has 3 aromatic rings. The number of thioether (sulfide) groups is 1. The number of amides is 2. The standard InChI is InChI=1S/C22H23N5O2S/c1-15-12-16(2)25-22(24-15)30-14-18-5-8-19(9-6-18)21(29)27-26-20(28)10-7-17-4-3-11-23-13-17/h3-6,8-9,11-13H,7,10,14H2,1-2H3,(H,26,28)(H,27,29).